The van der Waals surface area contributed by atoms with Crippen molar-refractivity contribution in [2.45, 2.75) is 6.92 Å². The van der Waals surface area contributed by atoms with Crippen molar-refractivity contribution < 1.29 is 4.74 Å². The number of hydrogen-bond acceptors (Lipinski definition) is 1. The summed E-state index contributed by atoms with van der Waals surface area (Å²) in [5.41, 5.74) is 1.05. The fourth-order valence-corrected chi connectivity index (χ4v) is 1.16. The Hall–Kier alpha value is -0.950. The standard InChI is InChI=1S/C10H11ClO/c1-3-4-8-5-6-9(11)7-10(8)12-2/h3-7H,1-2H3/b4-3+. The Morgan fingerprint density at radius 2 is 2.17 bits per heavy atom. The average molecular weight is 183 g/mol. The number of hydrogen-bond donors (Lipinski definition) is 0. The van der Waals surface area contributed by atoms with Gasteiger partial charge in [0.1, 0.15) is 5.75 Å². The molecule has 2 heteroatoms. The molecule has 0 saturated carbocycles. The lowest BCUT2D eigenvalue weighted by molar-refractivity contribution is 0.414. The fourth-order valence-electron chi connectivity index (χ4n) is 1.00. The van der Waals surface area contributed by atoms with Crippen molar-refractivity contribution >= 4 is 17.7 Å². The molecule has 0 aliphatic rings. The number of allylic oxidation sites excluding steroid dienone is 1. The van der Waals surface area contributed by atoms with Crippen LogP contribution in [-0.2, 0) is 0 Å². The number of ether oxygens (including phenoxy) is 1. The maximum Gasteiger partial charge on any atom is 0.127 e. The predicted octanol–water partition coefficient (Wildman–Crippen LogP) is 3.38. The van der Waals surface area contributed by atoms with Crippen LogP contribution < -0.4 is 4.74 Å². The Balaban J connectivity index is 3.10. The third-order valence-electron chi connectivity index (χ3n) is 1.54. The summed E-state index contributed by atoms with van der Waals surface area (Å²) in [6, 6.07) is 5.58. The molecule has 0 N–H and O–H groups in total. The zero-order valence-corrected chi connectivity index (χ0v) is 7.93. The topological polar surface area (TPSA) is 9.23 Å². The van der Waals surface area contributed by atoms with Gasteiger partial charge in [0.25, 0.3) is 0 Å². The predicted molar refractivity (Wildman–Crippen MR) is 52.7 cm³/mol. The SMILES string of the molecule is C/C=C/c1ccc(Cl)cc1OC. The van der Waals surface area contributed by atoms with E-state index in [0.717, 1.165) is 11.3 Å². The molecule has 64 valence electrons. The largest absolute Gasteiger partial charge is 0.496 e. The molecular formula is C10H11ClO. The van der Waals surface area contributed by atoms with Gasteiger partial charge in [0.05, 0.1) is 7.11 Å². The van der Waals surface area contributed by atoms with Gasteiger partial charge in [-0.25, -0.2) is 0 Å². The number of halogens is 1. The monoisotopic (exact) mass is 182 g/mol. The molecule has 1 nitrogen and oxygen atoms in total. The second-order valence-electron chi connectivity index (χ2n) is 2.39. The molecule has 0 aliphatic carbocycles. The van der Waals surface area contributed by atoms with Crippen LogP contribution in [0.3, 0.4) is 0 Å². The van der Waals surface area contributed by atoms with Crippen LogP contribution in [-0.4, -0.2) is 7.11 Å². The minimum atomic E-state index is 0.695. The van der Waals surface area contributed by atoms with Crippen LogP contribution in [0.1, 0.15) is 12.5 Å². The smallest absolute Gasteiger partial charge is 0.127 e. The molecule has 0 aliphatic heterocycles. The highest BCUT2D eigenvalue weighted by molar-refractivity contribution is 6.30. The quantitative estimate of drug-likeness (QED) is 0.682. The minimum absolute atomic E-state index is 0.695. The zero-order valence-electron chi connectivity index (χ0n) is 7.17. The molecule has 12 heavy (non-hydrogen) atoms. The highest BCUT2D eigenvalue weighted by atomic mass is 35.5. The van der Waals surface area contributed by atoms with Crippen LogP contribution in [0.25, 0.3) is 6.08 Å². The molecule has 1 rings (SSSR count). The Morgan fingerprint density at radius 1 is 1.42 bits per heavy atom. The summed E-state index contributed by atoms with van der Waals surface area (Å²) in [5, 5.41) is 0.695. The van der Waals surface area contributed by atoms with Crippen LogP contribution in [0.15, 0.2) is 24.3 Å². The van der Waals surface area contributed by atoms with E-state index in [4.69, 9.17) is 16.3 Å². The van der Waals surface area contributed by atoms with Crippen LogP contribution >= 0.6 is 11.6 Å². The number of methoxy groups -OCH3 is 1. The summed E-state index contributed by atoms with van der Waals surface area (Å²) in [5.74, 6) is 0.806. The Bertz CT molecular complexity index is 292. The van der Waals surface area contributed by atoms with E-state index in [2.05, 4.69) is 0 Å². The summed E-state index contributed by atoms with van der Waals surface area (Å²) in [4.78, 5) is 0. The molecule has 0 heterocycles. The van der Waals surface area contributed by atoms with E-state index in [0.29, 0.717) is 5.02 Å². The highest BCUT2D eigenvalue weighted by Gasteiger charge is 1.98. The van der Waals surface area contributed by atoms with Crippen molar-refractivity contribution in [3.05, 3.63) is 34.9 Å². The highest BCUT2D eigenvalue weighted by Crippen LogP contribution is 2.23. The third-order valence-corrected chi connectivity index (χ3v) is 1.78. The summed E-state index contributed by atoms with van der Waals surface area (Å²) < 4.78 is 5.14. The average Bonchev–Trinajstić information content (AvgIpc) is 2.08. The second kappa shape index (κ2) is 4.17. The third kappa shape index (κ3) is 2.02. The molecule has 0 amide bonds. The van der Waals surface area contributed by atoms with Gasteiger partial charge < -0.3 is 4.74 Å². The molecule has 1 aromatic rings. The number of benzene rings is 1. The van der Waals surface area contributed by atoms with E-state index in [9.17, 15) is 0 Å². The maximum absolute atomic E-state index is 5.79. The molecule has 0 unspecified atom stereocenters. The first-order chi connectivity index (χ1) is 5.77. The molecule has 0 aromatic heterocycles. The normalized spacial score (nSPS) is 10.6. The number of rotatable bonds is 2. The first kappa shape index (κ1) is 9.14. The van der Waals surface area contributed by atoms with Crippen molar-refractivity contribution in [1.29, 1.82) is 0 Å². The Morgan fingerprint density at radius 3 is 2.75 bits per heavy atom. The van der Waals surface area contributed by atoms with Crippen molar-refractivity contribution in [3.63, 3.8) is 0 Å². The van der Waals surface area contributed by atoms with E-state index in [1.807, 2.05) is 31.2 Å². The molecule has 0 spiro atoms. The summed E-state index contributed by atoms with van der Waals surface area (Å²) in [6.45, 7) is 1.97. The Labute approximate surface area is 77.6 Å². The van der Waals surface area contributed by atoms with E-state index in [1.54, 1.807) is 13.2 Å². The van der Waals surface area contributed by atoms with Gasteiger partial charge in [-0.3, -0.25) is 0 Å². The molecule has 0 fully saturated rings. The zero-order chi connectivity index (χ0) is 8.97. The molecule has 0 atom stereocenters. The molecule has 0 bridgehead atoms. The van der Waals surface area contributed by atoms with Crippen molar-refractivity contribution in [1.82, 2.24) is 0 Å². The van der Waals surface area contributed by atoms with Crippen molar-refractivity contribution in [2.24, 2.45) is 0 Å². The maximum atomic E-state index is 5.79. The fraction of sp³-hybridized carbons (Fsp3) is 0.200. The van der Waals surface area contributed by atoms with E-state index < -0.39 is 0 Å². The van der Waals surface area contributed by atoms with Crippen molar-refractivity contribution in [3.8, 4) is 5.75 Å². The van der Waals surface area contributed by atoms with Gasteiger partial charge in [0.15, 0.2) is 0 Å². The first-order valence-electron chi connectivity index (χ1n) is 3.74. The van der Waals surface area contributed by atoms with Gasteiger partial charge in [-0.2, -0.15) is 0 Å². The van der Waals surface area contributed by atoms with Crippen molar-refractivity contribution in [2.75, 3.05) is 7.11 Å². The summed E-state index contributed by atoms with van der Waals surface area (Å²) in [6.07, 6.45) is 3.95. The van der Waals surface area contributed by atoms with Gasteiger partial charge in [0.2, 0.25) is 0 Å². The molecule has 0 radical (unpaired) electrons. The van der Waals surface area contributed by atoms with Gasteiger partial charge in [0, 0.05) is 10.6 Å². The van der Waals surface area contributed by atoms with Crippen LogP contribution in [0.4, 0.5) is 0 Å². The lowest BCUT2D eigenvalue weighted by Crippen LogP contribution is -1.85. The van der Waals surface area contributed by atoms with Gasteiger partial charge in [-0.15, -0.1) is 0 Å². The van der Waals surface area contributed by atoms with Crippen LogP contribution in [0.2, 0.25) is 5.02 Å². The lowest BCUT2D eigenvalue weighted by Gasteiger charge is -2.04. The Kier molecular flexibility index (Phi) is 3.18. The summed E-state index contributed by atoms with van der Waals surface area (Å²) >= 11 is 5.79. The van der Waals surface area contributed by atoms with Gasteiger partial charge in [-0.1, -0.05) is 23.8 Å². The second-order valence-corrected chi connectivity index (χ2v) is 2.82. The van der Waals surface area contributed by atoms with E-state index in [1.165, 1.54) is 0 Å². The lowest BCUT2D eigenvalue weighted by atomic mass is 10.2. The molecular weight excluding hydrogens is 172 g/mol. The van der Waals surface area contributed by atoms with Crippen LogP contribution in [0, 0.1) is 0 Å². The van der Waals surface area contributed by atoms with Crippen LogP contribution in [0.5, 0.6) is 5.75 Å². The molecule has 0 saturated heterocycles. The van der Waals surface area contributed by atoms with Gasteiger partial charge >= 0.3 is 0 Å². The molecule has 1 aromatic carbocycles. The summed E-state index contributed by atoms with van der Waals surface area (Å²) in [7, 11) is 1.64. The van der Waals surface area contributed by atoms with E-state index >= 15 is 0 Å². The first-order valence-corrected chi connectivity index (χ1v) is 4.12. The minimum Gasteiger partial charge on any atom is -0.496 e. The van der Waals surface area contributed by atoms with E-state index in [-0.39, 0.29) is 0 Å². The van der Waals surface area contributed by atoms with Gasteiger partial charge in [-0.05, 0) is 25.1 Å².